The molecular formula is C19H29NO. The van der Waals surface area contributed by atoms with Gasteiger partial charge >= 0.3 is 0 Å². The Morgan fingerprint density at radius 1 is 1.10 bits per heavy atom. The first-order valence-electron chi connectivity index (χ1n) is 7.62. The smallest absolute Gasteiger partial charge is 0.119 e. The molecule has 0 aliphatic heterocycles. The first kappa shape index (κ1) is 17.6. The summed E-state index contributed by atoms with van der Waals surface area (Å²) >= 11 is 0. The first-order valence-corrected chi connectivity index (χ1v) is 7.62. The van der Waals surface area contributed by atoms with Crippen LogP contribution < -0.4 is 10.1 Å². The normalized spacial score (nSPS) is 12.0. The summed E-state index contributed by atoms with van der Waals surface area (Å²) in [5.74, 6) is 3.45. The van der Waals surface area contributed by atoms with Gasteiger partial charge in [0.25, 0.3) is 0 Å². The zero-order valence-electron chi connectivity index (χ0n) is 14.1. The number of nitrogens with one attached hydrogen (secondary N) is 1. The zero-order valence-corrected chi connectivity index (χ0v) is 14.1. The second-order valence-corrected chi connectivity index (χ2v) is 7.38. The highest BCUT2D eigenvalue weighted by atomic mass is 16.5. The third-order valence-electron chi connectivity index (χ3n) is 3.38. The predicted molar refractivity (Wildman–Crippen MR) is 90.7 cm³/mol. The molecule has 0 unspecified atom stereocenters. The van der Waals surface area contributed by atoms with Gasteiger partial charge in [-0.05, 0) is 34.9 Å². The summed E-state index contributed by atoms with van der Waals surface area (Å²) in [7, 11) is 0. The van der Waals surface area contributed by atoms with Gasteiger partial charge in [0.1, 0.15) is 12.4 Å². The van der Waals surface area contributed by atoms with Crippen molar-refractivity contribution in [2.45, 2.75) is 46.5 Å². The van der Waals surface area contributed by atoms with Gasteiger partial charge in [0, 0.05) is 6.54 Å². The molecule has 0 heterocycles. The van der Waals surface area contributed by atoms with Crippen LogP contribution >= 0.6 is 0 Å². The van der Waals surface area contributed by atoms with Gasteiger partial charge in [-0.15, -0.1) is 6.42 Å². The molecular weight excluding hydrogens is 258 g/mol. The quantitative estimate of drug-likeness (QED) is 0.604. The van der Waals surface area contributed by atoms with E-state index < -0.39 is 0 Å². The molecule has 2 heteroatoms. The van der Waals surface area contributed by atoms with Crippen LogP contribution in [0, 0.1) is 17.8 Å². The van der Waals surface area contributed by atoms with Crippen molar-refractivity contribution in [2.75, 3.05) is 19.7 Å². The Morgan fingerprint density at radius 3 is 2.24 bits per heavy atom. The standard InChI is InChI=1S/C19H29NO/c1-7-12-20-13-14-21-17-10-8-16(9-11-17)19(5,6)15-18(2,3)4/h1,8-11,20H,12-15H2,2-6H3. The molecule has 1 aromatic carbocycles. The number of ether oxygens (including phenoxy) is 1. The van der Waals surface area contributed by atoms with Crippen LogP contribution in [0.3, 0.4) is 0 Å². The van der Waals surface area contributed by atoms with E-state index in [0.29, 0.717) is 18.6 Å². The lowest BCUT2D eigenvalue weighted by Crippen LogP contribution is -2.24. The summed E-state index contributed by atoms with van der Waals surface area (Å²) in [5, 5.41) is 3.11. The van der Waals surface area contributed by atoms with Crippen molar-refractivity contribution >= 4 is 0 Å². The van der Waals surface area contributed by atoms with E-state index >= 15 is 0 Å². The maximum absolute atomic E-state index is 5.69. The minimum absolute atomic E-state index is 0.172. The summed E-state index contributed by atoms with van der Waals surface area (Å²) in [4.78, 5) is 0. The number of hydrogen-bond donors (Lipinski definition) is 1. The lowest BCUT2D eigenvalue weighted by molar-refractivity contribution is 0.283. The molecule has 1 rings (SSSR count). The average Bonchev–Trinajstić information content (AvgIpc) is 2.36. The van der Waals surface area contributed by atoms with Crippen LogP contribution in [0.1, 0.15) is 46.6 Å². The molecule has 0 aliphatic carbocycles. The Hall–Kier alpha value is -1.46. The van der Waals surface area contributed by atoms with Gasteiger partial charge in [0.2, 0.25) is 0 Å². The van der Waals surface area contributed by atoms with E-state index in [1.165, 1.54) is 5.56 Å². The van der Waals surface area contributed by atoms with E-state index in [1.807, 2.05) is 0 Å². The molecule has 0 saturated carbocycles. The third-order valence-corrected chi connectivity index (χ3v) is 3.38. The Balaban J connectivity index is 2.55. The molecule has 0 aromatic heterocycles. The fourth-order valence-electron chi connectivity index (χ4n) is 2.83. The minimum Gasteiger partial charge on any atom is -0.492 e. The van der Waals surface area contributed by atoms with Crippen LogP contribution in [-0.2, 0) is 5.41 Å². The molecule has 21 heavy (non-hydrogen) atoms. The van der Waals surface area contributed by atoms with E-state index in [9.17, 15) is 0 Å². The van der Waals surface area contributed by atoms with Crippen molar-refractivity contribution in [1.29, 1.82) is 0 Å². The van der Waals surface area contributed by atoms with Crippen molar-refractivity contribution < 1.29 is 4.74 Å². The highest BCUT2D eigenvalue weighted by Gasteiger charge is 2.27. The van der Waals surface area contributed by atoms with Crippen molar-refractivity contribution in [2.24, 2.45) is 5.41 Å². The van der Waals surface area contributed by atoms with Crippen LogP contribution in [-0.4, -0.2) is 19.7 Å². The summed E-state index contributed by atoms with van der Waals surface area (Å²) in [6.07, 6.45) is 6.32. The van der Waals surface area contributed by atoms with Gasteiger partial charge in [-0.25, -0.2) is 0 Å². The van der Waals surface area contributed by atoms with E-state index in [0.717, 1.165) is 18.7 Å². The van der Waals surface area contributed by atoms with Gasteiger partial charge < -0.3 is 10.1 Å². The maximum Gasteiger partial charge on any atom is 0.119 e. The molecule has 1 aromatic rings. The van der Waals surface area contributed by atoms with Crippen LogP contribution in [0.15, 0.2) is 24.3 Å². The van der Waals surface area contributed by atoms with E-state index in [-0.39, 0.29) is 5.41 Å². The second kappa shape index (κ2) is 7.52. The lowest BCUT2D eigenvalue weighted by atomic mass is 9.72. The Bertz CT molecular complexity index is 460. The van der Waals surface area contributed by atoms with Crippen LogP contribution in [0.4, 0.5) is 0 Å². The zero-order chi connectivity index (χ0) is 15.9. The number of rotatable bonds is 7. The highest BCUT2D eigenvalue weighted by Crippen LogP contribution is 2.36. The largest absolute Gasteiger partial charge is 0.492 e. The molecule has 0 amide bonds. The molecule has 0 aliphatic rings. The van der Waals surface area contributed by atoms with Gasteiger partial charge in [0.05, 0.1) is 6.54 Å². The summed E-state index contributed by atoms with van der Waals surface area (Å²) < 4.78 is 5.69. The fourth-order valence-corrected chi connectivity index (χ4v) is 2.83. The Labute approximate surface area is 130 Å². The molecule has 2 nitrogen and oxygen atoms in total. The van der Waals surface area contributed by atoms with Crippen molar-refractivity contribution in [1.82, 2.24) is 5.32 Å². The molecule has 0 fully saturated rings. The van der Waals surface area contributed by atoms with Gasteiger partial charge in [-0.3, -0.25) is 0 Å². The summed E-state index contributed by atoms with van der Waals surface area (Å²) in [6, 6.07) is 8.47. The van der Waals surface area contributed by atoms with E-state index in [2.05, 4.69) is 70.1 Å². The highest BCUT2D eigenvalue weighted by molar-refractivity contribution is 5.31. The maximum atomic E-state index is 5.69. The van der Waals surface area contributed by atoms with Crippen molar-refractivity contribution in [3.63, 3.8) is 0 Å². The molecule has 0 saturated heterocycles. The molecule has 0 bridgehead atoms. The Kier molecular flexibility index (Phi) is 6.30. The number of benzene rings is 1. The number of terminal acetylenes is 1. The van der Waals surface area contributed by atoms with E-state index in [4.69, 9.17) is 11.2 Å². The van der Waals surface area contributed by atoms with Gasteiger partial charge in [-0.2, -0.15) is 0 Å². The molecule has 0 atom stereocenters. The molecule has 1 N–H and O–H groups in total. The van der Waals surface area contributed by atoms with Crippen molar-refractivity contribution in [3.05, 3.63) is 29.8 Å². The van der Waals surface area contributed by atoms with Crippen LogP contribution in [0.5, 0.6) is 5.75 Å². The minimum atomic E-state index is 0.172. The fraction of sp³-hybridized carbons (Fsp3) is 0.579. The van der Waals surface area contributed by atoms with Crippen LogP contribution in [0.2, 0.25) is 0 Å². The first-order chi connectivity index (χ1) is 9.74. The lowest BCUT2D eigenvalue weighted by Gasteiger charge is -2.33. The van der Waals surface area contributed by atoms with Crippen molar-refractivity contribution in [3.8, 4) is 18.1 Å². The molecule has 0 radical (unpaired) electrons. The summed E-state index contributed by atoms with van der Waals surface area (Å²) in [5.41, 5.74) is 1.85. The third kappa shape index (κ3) is 6.69. The molecule has 0 spiro atoms. The molecule has 116 valence electrons. The van der Waals surface area contributed by atoms with Gasteiger partial charge in [0.15, 0.2) is 0 Å². The second-order valence-electron chi connectivity index (χ2n) is 7.38. The van der Waals surface area contributed by atoms with E-state index in [1.54, 1.807) is 0 Å². The predicted octanol–water partition coefficient (Wildman–Crippen LogP) is 4.00. The average molecular weight is 287 g/mol. The van der Waals surface area contributed by atoms with Gasteiger partial charge in [-0.1, -0.05) is 52.7 Å². The SMILES string of the molecule is C#CCNCCOc1ccc(C(C)(C)CC(C)(C)C)cc1. The Morgan fingerprint density at radius 2 is 1.71 bits per heavy atom. The summed E-state index contributed by atoms with van der Waals surface area (Å²) in [6.45, 7) is 13.5. The number of hydrogen-bond acceptors (Lipinski definition) is 2. The topological polar surface area (TPSA) is 21.3 Å². The monoisotopic (exact) mass is 287 g/mol. The van der Waals surface area contributed by atoms with Crippen LogP contribution in [0.25, 0.3) is 0 Å².